The van der Waals surface area contributed by atoms with Crippen molar-refractivity contribution < 1.29 is 4.79 Å². The Morgan fingerprint density at radius 1 is 1.04 bits per heavy atom. The lowest BCUT2D eigenvalue weighted by Gasteiger charge is -2.21. The topological polar surface area (TPSA) is 57.3 Å². The monoisotopic (exact) mass is 340 g/mol. The van der Waals surface area contributed by atoms with E-state index in [2.05, 4.69) is 48.2 Å². The Morgan fingerprint density at radius 3 is 2.20 bits per heavy atom. The molecule has 0 saturated carbocycles. The molecule has 1 heterocycles. The Balaban J connectivity index is 1.99. The van der Waals surface area contributed by atoms with Crippen LogP contribution in [0.3, 0.4) is 0 Å². The Kier molecular flexibility index (Phi) is 6.81. The lowest BCUT2D eigenvalue weighted by Crippen LogP contribution is -2.21. The third kappa shape index (κ3) is 5.21. The van der Waals surface area contributed by atoms with Crippen molar-refractivity contribution in [3.8, 4) is 0 Å². The number of carbonyl (C=O) groups excluding carboxylic acids is 1. The van der Waals surface area contributed by atoms with Crippen molar-refractivity contribution in [2.24, 2.45) is 0 Å². The molecule has 0 radical (unpaired) electrons. The largest absolute Gasteiger partial charge is 0.381 e. The highest BCUT2D eigenvalue weighted by atomic mass is 16.1. The molecule has 0 fully saturated rings. The van der Waals surface area contributed by atoms with Gasteiger partial charge in [0.2, 0.25) is 0 Å². The number of rotatable bonds is 8. The summed E-state index contributed by atoms with van der Waals surface area (Å²) in [5.41, 5.74) is 3.25. The number of anilines is 3. The van der Waals surface area contributed by atoms with Crippen LogP contribution in [-0.2, 0) is 0 Å². The van der Waals surface area contributed by atoms with Gasteiger partial charge in [-0.15, -0.1) is 0 Å². The molecule has 0 saturated heterocycles. The van der Waals surface area contributed by atoms with Crippen LogP contribution in [0.2, 0.25) is 0 Å². The van der Waals surface area contributed by atoms with E-state index in [0.29, 0.717) is 11.7 Å². The number of aromatic nitrogens is 1. The summed E-state index contributed by atoms with van der Waals surface area (Å²) in [6, 6.07) is 11.9. The first-order valence-corrected chi connectivity index (χ1v) is 8.96. The molecule has 0 aliphatic heterocycles. The van der Waals surface area contributed by atoms with Crippen molar-refractivity contribution in [2.75, 3.05) is 28.6 Å². The smallest absolute Gasteiger partial charge is 0.274 e. The lowest BCUT2D eigenvalue weighted by atomic mass is 10.2. The lowest BCUT2D eigenvalue weighted by molar-refractivity contribution is 0.102. The van der Waals surface area contributed by atoms with Crippen LogP contribution < -0.4 is 15.5 Å². The molecule has 2 rings (SSSR count). The molecular weight excluding hydrogens is 312 g/mol. The number of amides is 1. The molecule has 1 atom stereocenters. The van der Waals surface area contributed by atoms with E-state index in [9.17, 15) is 4.79 Å². The van der Waals surface area contributed by atoms with Crippen molar-refractivity contribution in [3.63, 3.8) is 0 Å². The summed E-state index contributed by atoms with van der Waals surface area (Å²) in [7, 11) is 0. The molecule has 0 spiro atoms. The molecule has 2 aromatic rings. The standard InChI is InChI=1S/C20H28N4O/c1-5-15(4)22-17-10-13-19(21-14-17)20(25)23-16-8-11-18(12-9-16)24(6-2)7-3/h8-15,22H,5-7H2,1-4H3,(H,23,25). The van der Waals surface area contributed by atoms with E-state index >= 15 is 0 Å². The van der Waals surface area contributed by atoms with E-state index in [1.165, 1.54) is 0 Å². The van der Waals surface area contributed by atoms with E-state index in [-0.39, 0.29) is 5.91 Å². The third-order valence-corrected chi connectivity index (χ3v) is 4.28. The second kappa shape index (κ2) is 9.06. The maximum atomic E-state index is 12.3. The van der Waals surface area contributed by atoms with Crippen LogP contribution in [0, 0.1) is 0 Å². The van der Waals surface area contributed by atoms with Gasteiger partial charge in [0.1, 0.15) is 5.69 Å². The van der Waals surface area contributed by atoms with Gasteiger partial charge in [0.25, 0.3) is 5.91 Å². The van der Waals surface area contributed by atoms with Gasteiger partial charge in [0.15, 0.2) is 0 Å². The molecule has 1 aromatic heterocycles. The summed E-state index contributed by atoms with van der Waals surface area (Å²) in [4.78, 5) is 18.8. The van der Waals surface area contributed by atoms with Gasteiger partial charge in [-0.25, -0.2) is 4.98 Å². The fourth-order valence-electron chi connectivity index (χ4n) is 2.54. The summed E-state index contributed by atoms with van der Waals surface area (Å²) in [6.07, 6.45) is 2.73. The van der Waals surface area contributed by atoms with Gasteiger partial charge in [-0.2, -0.15) is 0 Å². The molecule has 1 amide bonds. The molecule has 1 unspecified atom stereocenters. The number of benzene rings is 1. The van der Waals surface area contributed by atoms with Crippen molar-refractivity contribution in [3.05, 3.63) is 48.3 Å². The second-order valence-electron chi connectivity index (χ2n) is 6.06. The number of hydrogen-bond acceptors (Lipinski definition) is 4. The van der Waals surface area contributed by atoms with Crippen molar-refractivity contribution in [1.82, 2.24) is 4.98 Å². The predicted molar refractivity (Wildman–Crippen MR) is 106 cm³/mol. The highest BCUT2D eigenvalue weighted by Gasteiger charge is 2.09. The van der Waals surface area contributed by atoms with Gasteiger partial charge < -0.3 is 15.5 Å². The summed E-state index contributed by atoms with van der Waals surface area (Å²) >= 11 is 0. The van der Waals surface area contributed by atoms with Crippen molar-refractivity contribution >= 4 is 23.0 Å². The summed E-state index contributed by atoms with van der Waals surface area (Å²) in [5.74, 6) is -0.203. The predicted octanol–water partition coefficient (Wildman–Crippen LogP) is 4.39. The minimum atomic E-state index is -0.203. The van der Waals surface area contributed by atoms with E-state index in [4.69, 9.17) is 0 Å². The van der Waals surface area contributed by atoms with Crippen molar-refractivity contribution in [1.29, 1.82) is 0 Å². The van der Waals surface area contributed by atoms with Crippen LogP contribution in [0.15, 0.2) is 42.6 Å². The van der Waals surface area contributed by atoms with E-state index in [1.807, 2.05) is 30.3 Å². The number of pyridine rings is 1. The number of nitrogens with one attached hydrogen (secondary N) is 2. The average molecular weight is 340 g/mol. The highest BCUT2D eigenvalue weighted by molar-refractivity contribution is 6.03. The van der Waals surface area contributed by atoms with E-state index in [0.717, 1.165) is 36.6 Å². The van der Waals surface area contributed by atoms with Gasteiger partial charge in [-0.1, -0.05) is 6.92 Å². The number of nitrogens with zero attached hydrogens (tertiary/aromatic N) is 2. The zero-order chi connectivity index (χ0) is 18.2. The summed E-state index contributed by atoms with van der Waals surface area (Å²) < 4.78 is 0. The van der Waals surface area contributed by atoms with Gasteiger partial charge in [0.05, 0.1) is 11.9 Å². The maximum absolute atomic E-state index is 12.3. The summed E-state index contributed by atoms with van der Waals surface area (Å²) in [6.45, 7) is 10.4. The van der Waals surface area contributed by atoms with Crippen LogP contribution in [0.4, 0.5) is 17.1 Å². The fraction of sp³-hybridized carbons (Fsp3) is 0.400. The molecule has 25 heavy (non-hydrogen) atoms. The van der Waals surface area contributed by atoms with Gasteiger partial charge in [0, 0.05) is 30.5 Å². The Morgan fingerprint density at radius 2 is 1.68 bits per heavy atom. The highest BCUT2D eigenvalue weighted by Crippen LogP contribution is 2.18. The molecule has 5 heteroatoms. The average Bonchev–Trinajstić information content (AvgIpc) is 2.64. The molecule has 134 valence electrons. The number of hydrogen-bond donors (Lipinski definition) is 2. The molecule has 2 N–H and O–H groups in total. The molecule has 1 aromatic carbocycles. The molecular formula is C20H28N4O. The van der Waals surface area contributed by atoms with Gasteiger partial charge >= 0.3 is 0 Å². The normalized spacial score (nSPS) is 11.7. The Bertz CT molecular complexity index is 663. The SMILES string of the molecule is CCC(C)Nc1ccc(C(=O)Nc2ccc(N(CC)CC)cc2)nc1. The molecule has 0 aliphatic rings. The molecule has 0 bridgehead atoms. The first kappa shape index (κ1) is 18.8. The zero-order valence-electron chi connectivity index (χ0n) is 15.5. The number of carbonyl (C=O) groups is 1. The van der Waals surface area contributed by atoms with Crippen LogP contribution in [-0.4, -0.2) is 30.0 Å². The van der Waals surface area contributed by atoms with Gasteiger partial charge in [-0.05, 0) is 63.6 Å². The van der Waals surface area contributed by atoms with Crippen molar-refractivity contribution in [2.45, 2.75) is 40.2 Å². The fourth-order valence-corrected chi connectivity index (χ4v) is 2.54. The van der Waals surface area contributed by atoms with Gasteiger partial charge in [-0.3, -0.25) is 4.79 Å². The summed E-state index contributed by atoms with van der Waals surface area (Å²) in [5, 5.41) is 6.23. The Hall–Kier alpha value is -2.56. The van der Waals surface area contributed by atoms with Crippen LogP contribution in [0.25, 0.3) is 0 Å². The van der Waals surface area contributed by atoms with E-state index in [1.54, 1.807) is 12.3 Å². The molecule has 0 aliphatic carbocycles. The van der Waals surface area contributed by atoms with Crippen LogP contribution in [0.5, 0.6) is 0 Å². The van der Waals surface area contributed by atoms with Crippen LogP contribution >= 0.6 is 0 Å². The quantitative estimate of drug-likeness (QED) is 0.748. The maximum Gasteiger partial charge on any atom is 0.274 e. The zero-order valence-corrected chi connectivity index (χ0v) is 15.5. The minimum Gasteiger partial charge on any atom is -0.381 e. The first-order chi connectivity index (χ1) is 12.1. The van der Waals surface area contributed by atoms with E-state index < -0.39 is 0 Å². The Labute approximate surface area is 150 Å². The second-order valence-corrected chi connectivity index (χ2v) is 6.06. The van der Waals surface area contributed by atoms with Crippen LogP contribution in [0.1, 0.15) is 44.6 Å². The third-order valence-electron chi connectivity index (χ3n) is 4.28. The first-order valence-electron chi connectivity index (χ1n) is 8.96. The molecule has 5 nitrogen and oxygen atoms in total. The minimum absolute atomic E-state index is 0.203.